The molecule has 112 valence electrons. The normalized spacial score (nSPS) is 12.2. The van der Waals surface area contributed by atoms with Gasteiger partial charge in [0.15, 0.2) is 0 Å². The maximum atomic E-state index is 5.34. The molecule has 21 heavy (non-hydrogen) atoms. The zero-order chi connectivity index (χ0) is 15.2. The van der Waals surface area contributed by atoms with Crippen LogP contribution in [-0.4, -0.2) is 23.9 Å². The van der Waals surface area contributed by atoms with E-state index in [1.54, 1.807) is 7.11 Å². The minimum atomic E-state index is 0.106. The lowest BCUT2D eigenvalue weighted by atomic mass is 9.97. The third-order valence-electron chi connectivity index (χ3n) is 3.48. The van der Waals surface area contributed by atoms with Crippen molar-refractivity contribution in [2.45, 2.75) is 33.2 Å². The van der Waals surface area contributed by atoms with Crippen molar-refractivity contribution in [3.63, 3.8) is 0 Å². The topological polar surface area (TPSA) is 47.0 Å². The van der Waals surface area contributed by atoms with Crippen LogP contribution in [0.2, 0.25) is 0 Å². The van der Waals surface area contributed by atoms with Gasteiger partial charge in [-0.2, -0.15) is 10.2 Å². The summed E-state index contributed by atoms with van der Waals surface area (Å²) in [4.78, 5) is 0. The smallest absolute Gasteiger partial charge is 0.119 e. The molecule has 2 rings (SSSR count). The van der Waals surface area contributed by atoms with Crippen molar-refractivity contribution in [2.75, 3.05) is 13.7 Å². The molecule has 1 aromatic heterocycles. The lowest BCUT2D eigenvalue weighted by Crippen LogP contribution is -2.24. The Kier molecular flexibility index (Phi) is 5.28. The van der Waals surface area contributed by atoms with Crippen molar-refractivity contribution in [3.8, 4) is 5.75 Å². The highest BCUT2D eigenvalue weighted by molar-refractivity contribution is 5.38. The molecule has 0 aliphatic rings. The van der Waals surface area contributed by atoms with Gasteiger partial charge in [0.05, 0.1) is 24.5 Å². The Morgan fingerprint density at radius 3 is 2.71 bits per heavy atom. The Balaban J connectivity index is 2.44. The van der Waals surface area contributed by atoms with Crippen LogP contribution in [0.3, 0.4) is 0 Å². The predicted octanol–water partition coefficient (Wildman–Crippen LogP) is 3.19. The van der Waals surface area contributed by atoms with Gasteiger partial charge in [0, 0.05) is 0 Å². The van der Waals surface area contributed by atoms with Gasteiger partial charge in [-0.15, -0.1) is 0 Å². The molecular formula is C17H23N3O. The molecule has 0 bridgehead atoms. The monoisotopic (exact) mass is 285 g/mol. The first-order chi connectivity index (χ1) is 10.2. The van der Waals surface area contributed by atoms with Crippen LogP contribution in [0.4, 0.5) is 0 Å². The molecule has 0 aliphatic carbocycles. The van der Waals surface area contributed by atoms with Gasteiger partial charge in [-0.3, -0.25) is 0 Å². The molecule has 0 radical (unpaired) electrons. The fourth-order valence-corrected chi connectivity index (χ4v) is 2.38. The van der Waals surface area contributed by atoms with Crippen LogP contribution < -0.4 is 10.1 Å². The Morgan fingerprint density at radius 2 is 2.00 bits per heavy atom. The summed E-state index contributed by atoms with van der Waals surface area (Å²) < 4.78 is 5.34. The summed E-state index contributed by atoms with van der Waals surface area (Å²) in [5.41, 5.74) is 4.24. The minimum absolute atomic E-state index is 0.106. The highest BCUT2D eigenvalue weighted by Gasteiger charge is 2.17. The number of rotatable bonds is 6. The zero-order valence-electron chi connectivity index (χ0n) is 13.2. The standard InChI is InChI=1S/C17H23N3O/c1-5-9-18-17(14-7-6-8-15(11-14)21-4)16-10-12(2)19-20-13(16)3/h6-8,10-11,17-18H,5,9H2,1-4H3. The van der Waals surface area contributed by atoms with Crippen molar-refractivity contribution in [1.82, 2.24) is 15.5 Å². The van der Waals surface area contributed by atoms with Crippen molar-refractivity contribution in [2.24, 2.45) is 0 Å². The van der Waals surface area contributed by atoms with E-state index < -0.39 is 0 Å². The van der Waals surface area contributed by atoms with Crippen LogP contribution in [0.1, 0.15) is 41.9 Å². The van der Waals surface area contributed by atoms with Crippen LogP contribution in [0.25, 0.3) is 0 Å². The summed E-state index contributed by atoms with van der Waals surface area (Å²) in [6.07, 6.45) is 1.08. The number of nitrogens with one attached hydrogen (secondary N) is 1. The molecule has 4 nitrogen and oxygen atoms in total. The Hall–Kier alpha value is -1.94. The summed E-state index contributed by atoms with van der Waals surface area (Å²) in [6, 6.07) is 10.4. The molecule has 1 heterocycles. The summed E-state index contributed by atoms with van der Waals surface area (Å²) in [5, 5.41) is 12.0. The molecule has 1 N–H and O–H groups in total. The van der Waals surface area contributed by atoms with Gasteiger partial charge in [0.1, 0.15) is 5.75 Å². The fraction of sp³-hybridized carbons (Fsp3) is 0.412. The van der Waals surface area contributed by atoms with Gasteiger partial charge < -0.3 is 10.1 Å². The van der Waals surface area contributed by atoms with E-state index in [4.69, 9.17) is 4.74 Å². The number of aromatic nitrogens is 2. The van der Waals surface area contributed by atoms with Gasteiger partial charge in [-0.25, -0.2) is 0 Å². The van der Waals surface area contributed by atoms with Crippen LogP contribution in [-0.2, 0) is 0 Å². The molecule has 4 heteroatoms. The molecule has 0 saturated heterocycles. The number of hydrogen-bond donors (Lipinski definition) is 1. The molecule has 1 atom stereocenters. The molecule has 0 spiro atoms. The lowest BCUT2D eigenvalue weighted by Gasteiger charge is -2.21. The van der Waals surface area contributed by atoms with Crippen LogP contribution in [0.5, 0.6) is 5.75 Å². The predicted molar refractivity (Wildman–Crippen MR) is 84.6 cm³/mol. The second-order valence-corrected chi connectivity index (χ2v) is 5.19. The minimum Gasteiger partial charge on any atom is -0.497 e. The summed E-state index contributed by atoms with van der Waals surface area (Å²) in [5.74, 6) is 0.868. The summed E-state index contributed by atoms with van der Waals surface area (Å²) in [7, 11) is 1.69. The zero-order valence-corrected chi connectivity index (χ0v) is 13.2. The average Bonchev–Trinajstić information content (AvgIpc) is 2.51. The Bertz CT molecular complexity index is 598. The molecule has 1 aromatic carbocycles. The fourth-order valence-electron chi connectivity index (χ4n) is 2.38. The maximum Gasteiger partial charge on any atom is 0.119 e. The number of ether oxygens (including phenoxy) is 1. The first-order valence-electron chi connectivity index (χ1n) is 7.33. The van der Waals surface area contributed by atoms with E-state index in [1.165, 1.54) is 11.1 Å². The molecular weight excluding hydrogens is 262 g/mol. The molecule has 0 amide bonds. The third kappa shape index (κ3) is 3.79. The second kappa shape index (κ2) is 7.18. The number of hydrogen-bond acceptors (Lipinski definition) is 4. The highest BCUT2D eigenvalue weighted by Crippen LogP contribution is 2.26. The third-order valence-corrected chi connectivity index (χ3v) is 3.48. The van der Waals surface area contributed by atoms with Crippen LogP contribution in [0, 0.1) is 13.8 Å². The number of aryl methyl sites for hydroxylation is 2. The summed E-state index contributed by atoms with van der Waals surface area (Å²) in [6.45, 7) is 7.09. The largest absolute Gasteiger partial charge is 0.497 e. The highest BCUT2D eigenvalue weighted by atomic mass is 16.5. The first kappa shape index (κ1) is 15.4. The number of benzene rings is 1. The van der Waals surface area contributed by atoms with Crippen LogP contribution in [0.15, 0.2) is 30.3 Å². The number of methoxy groups -OCH3 is 1. The van der Waals surface area contributed by atoms with E-state index in [2.05, 4.69) is 40.6 Å². The lowest BCUT2D eigenvalue weighted by molar-refractivity contribution is 0.413. The quantitative estimate of drug-likeness (QED) is 0.885. The van der Waals surface area contributed by atoms with Gasteiger partial charge in [-0.1, -0.05) is 19.1 Å². The Morgan fingerprint density at radius 1 is 1.19 bits per heavy atom. The van der Waals surface area contributed by atoms with E-state index in [1.807, 2.05) is 26.0 Å². The van der Waals surface area contributed by atoms with Crippen molar-refractivity contribution < 1.29 is 4.74 Å². The van der Waals surface area contributed by atoms with Crippen LogP contribution >= 0.6 is 0 Å². The number of nitrogens with zero attached hydrogens (tertiary/aromatic N) is 2. The second-order valence-electron chi connectivity index (χ2n) is 5.19. The van der Waals surface area contributed by atoms with E-state index in [-0.39, 0.29) is 6.04 Å². The van der Waals surface area contributed by atoms with Gasteiger partial charge in [-0.05, 0) is 56.1 Å². The van der Waals surface area contributed by atoms with Gasteiger partial charge in [0.25, 0.3) is 0 Å². The maximum absolute atomic E-state index is 5.34. The molecule has 0 saturated carbocycles. The van der Waals surface area contributed by atoms with E-state index in [0.29, 0.717) is 0 Å². The van der Waals surface area contributed by atoms with Crippen molar-refractivity contribution in [3.05, 3.63) is 52.8 Å². The van der Waals surface area contributed by atoms with E-state index in [0.717, 1.165) is 30.1 Å². The molecule has 1 unspecified atom stereocenters. The van der Waals surface area contributed by atoms with Crippen molar-refractivity contribution in [1.29, 1.82) is 0 Å². The average molecular weight is 285 g/mol. The molecule has 0 aliphatic heterocycles. The van der Waals surface area contributed by atoms with Gasteiger partial charge in [0.2, 0.25) is 0 Å². The van der Waals surface area contributed by atoms with E-state index >= 15 is 0 Å². The first-order valence-corrected chi connectivity index (χ1v) is 7.33. The summed E-state index contributed by atoms with van der Waals surface area (Å²) >= 11 is 0. The SMILES string of the molecule is CCCNC(c1cccc(OC)c1)c1cc(C)nnc1C. The van der Waals surface area contributed by atoms with Crippen molar-refractivity contribution >= 4 is 0 Å². The van der Waals surface area contributed by atoms with E-state index in [9.17, 15) is 0 Å². The van der Waals surface area contributed by atoms with Gasteiger partial charge >= 0.3 is 0 Å². The Labute approximate surface area is 126 Å². The molecule has 2 aromatic rings. The molecule has 0 fully saturated rings.